The predicted molar refractivity (Wildman–Crippen MR) is 101 cm³/mol. The van der Waals surface area contributed by atoms with Gasteiger partial charge in [0.15, 0.2) is 0 Å². The van der Waals surface area contributed by atoms with Gasteiger partial charge in [-0.05, 0) is 57.9 Å². The van der Waals surface area contributed by atoms with Crippen LogP contribution in [0, 0.1) is 19.8 Å². The Morgan fingerprint density at radius 2 is 1.73 bits per heavy atom. The monoisotopic (exact) mass is 358 g/mol. The Hall–Kier alpha value is -2.04. The highest BCUT2D eigenvalue weighted by Gasteiger charge is 2.42. The second-order valence-corrected chi connectivity index (χ2v) is 7.87. The molecule has 2 amide bonds. The summed E-state index contributed by atoms with van der Waals surface area (Å²) in [6.07, 6.45) is 3.14. The number of hydrogen-bond acceptors (Lipinski definition) is 3. The molecule has 0 saturated heterocycles. The number of aryl methyl sites for hydroxylation is 2. The normalized spacial score (nSPS) is 27.1. The van der Waals surface area contributed by atoms with Crippen molar-refractivity contribution in [3.63, 3.8) is 0 Å². The highest BCUT2D eigenvalue weighted by Crippen LogP contribution is 2.42. The van der Waals surface area contributed by atoms with Crippen LogP contribution in [0.1, 0.15) is 55.2 Å². The summed E-state index contributed by atoms with van der Waals surface area (Å²) in [5.41, 5.74) is 4.03. The average Bonchev–Trinajstić information content (AvgIpc) is 2.51. The molecule has 0 aromatic heterocycles. The maximum Gasteiger partial charge on any atom is 0.407 e. The third-order valence-electron chi connectivity index (χ3n) is 5.89. The number of rotatable bonds is 5. The molecule has 5 nitrogen and oxygen atoms in total. The Kier molecular flexibility index (Phi) is 5.54. The molecule has 26 heavy (non-hydrogen) atoms. The Bertz CT molecular complexity index is 656. The van der Waals surface area contributed by atoms with Gasteiger partial charge in [0.1, 0.15) is 0 Å². The summed E-state index contributed by atoms with van der Waals surface area (Å²) in [5.74, 6) is 0.854. The Labute approximate surface area is 156 Å². The van der Waals surface area contributed by atoms with Crippen LogP contribution in [0.5, 0.6) is 0 Å². The van der Waals surface area contributed by atoms with Crippen LogP contribution >= 0.6 is 0 Å². The SMILES string of the molecule is CCN(C(=O)C1CC(NC(=O)OC)C1)C1CC(c2cc(C)cc(C)c2)C1. The summed E-state index contributed by atoms with van der Waals surface area (Å²) in [7, 11) is 1.36. The van der Waals surface area contributed by atoms with Crippen LogP contribution in [-0.4, -0.2) is 42.6 Å². The summed E-state index contributed by atoms with van der Waals surface area (Å²) in [6.45, 7) is 7.10. The van der Waals surface area contributed by atoms with E-state index >= 15 is 0 Å². The lowest BCUT2D eigenvalue weighted by Crippen LogP contribution is -2.54. The van der Waals surface area contributed by atoms with Gasteiger partial charge in [-0.3, -0.25) is 4.79 Å². The van der Waals surface area contributed by atoms with E-state index in [4.69, 9.17) is 0 Å². The molecule has 1 N–H and O–H groups in total. The molecular weight excluding hydrogens is 328 g/mol. The molecule has 142 valence electrons. The van der Waals surface area contributed by atoms with Gasteiger partial charge in [0.2, 0.25) is 5.91 Å². The number of hydrogen-bond donors (Lipinski definition) is 1. The van der Waals surface area contributed by atoms with Crippen molar-refractivity contribution in [3.05, 3.63) is 34.9 Å². The van der Waals surface area contributed by atoms with Gasteiger partial charge in [-0.25, -0.2) is 4.79 Å². The third-order valence-corrected chi connectivity index (χ3v) is 5.89. The van der Waals surface area contributed by atoms with E-state index in [0.717, 1.165) is 32.2 Å². The minimum absolute atomic E-state index is 0.0392. The van der Waals surface area contributed by atoms with Crippen molar-refractivity contribution in [2.75, 3.05) is 13.7 Å². The number of benzene rings is 1. The lowest BCUT2D eigenvalue weighted by atomic mass is 9.73. The third kappa shape index (κ3) is 3.87. The van der Waals surface area contributed by atoms with Crippen LogP contribution in [-0.2, 0) is 9.53 Å². The number of methoxy groups -OCH3 is 1. The predicted octanol–water partition coefficient (Wildman–Crippen LogP) is 3.53. The number of alkyl carbamates (subject to hydrolysis) is 1. The highest BCUT2D eigenvalue weighted by atomic mass is 16.5. The molecule has 0 unspecified atom stereocenters. The molecule has 5 heteroatoms. The lowest BCUT2D eigenvalue weighted by molar-refractivity contribution is -0.143. The van der Waals surface area contributed by atoms with Gasteiger partial charge in [0, 0.05) is 24.5 Å². The Morgan fingerprint density at radius 3 is 2.27 bits per heavy atom. The molecule has 1 aromatic carbocycles. The molecule has 0 radical (unpaired) electrons. The van der Waals surface area contributed by atoms with E-state index in [9.17, 15) is 9.59 Å². The minimum atomic E-state index is -0.413. The van der Waals surface area contributed by atoms with E-state index in [1.54, 1.807) is 0 Å². The van der Waals surface area contributed by atoms with E-state index < -0.39 is 6.09 Å². The van der Waals surface area contributed by atoms with Gasteiger partial charge in [0.05, 0.1) is 7.11 Å². The summed E-state index contributed by atoms with van der Waals surface area (Å²) >= 11 is 0. The number of nitrogens with one attached hydrogen (secondary N) is 1. The fourth-order valence-electron chi connectivity index (χ4n) is 4.35. The van der Waals surface area contributed by atoms with Gasteiger partial charge in [-0.1, -0.05) is 29.3 Å². The molecule has 0 atom stereocenters. The van der Waals surface area contributed by atoms with Crippen molar-refractivity contribution in [3.8, 4) is 0 Å². The molecular formula is C21H30N2O3. The smallest absolute Gasteiger partial charge is 0.407 e. The molecule has 0 bridgehead atoms. The zero-order chi connectivity index (χ0) is 18.8. The van der Waals surface area contributed by atoms with Crippen molar-refractivity contribution in [1.82, 2.24) is 10.2 Å². The van der Waals surface area contributed by atoms with Crippen LogP contribution in [0.2, 0.25) is 0 Å². The molecule has 3 rings (SSSR count). The summed E-state index contributed by atoms with van der Waals surface area (Å²) in [6, 6.07) is 7.18. The van der Waals surface area contributed by atoms with Gasteiger partial charge in [-0.2, -0.15) is 0 Å². The van der Waals surface area contributed by atoms with Crippen LogP contribution in [0.25, 0.3) is 0 Å². The number of nitrogens with zero attached hydrogens (tertiary/aromatic N) is 1. The van der Waals surface area contributed by atoms with Gasteiger partial charge in [-0.15, -0.1) is 0 Å². The van der Waals surface area contributed by atoms with Crippen molar-refractivity contribution in [2.24, 2.45) is 5.92 Å². The first kappa shape index (κ1) is 18.7. The van der Waals surface area contributed by atoms with Crippen LogP contribution in [0.15, 0.2) is 18.2 Å². The fraction of sp³-hybridized carbons (Fsp3) is 0.619. The van der Waals surface area contributed by atoms with Crippen molar-refractivity contribution in [2.45, 2.75) is 64.5 Å². The molecule has 2 saturated carbocycles. The van der Waals surface area contributed by atoms with Crippen molar-refractivity contribution in [1.29, 1.82) is 0 Å². The molecule has 0 spiro atoms. The van der Waals surface area contributed by atoms with Crippen LogP contribution in [0.4, 0.5) is 4.79 Å². The van der Waals surface area contributed by atoms with Crippen molar-refractivity contribution >= 4 is 12.0 Å². The zero-order valence-corrected chi connectivity index (χ0v) is 16.2. The first-order chi connectivity index (χ1) is 12.4. The molecule has 1 aromatic rings. The number of carbonyl (C=O) groups is 2. The van der Waals surface area contributed by atoms with Crippen LogP contribution < -0.4 is 5.32 Å². The molecule has 2 fully saturated rings. The number of amides is 2. The Balaban J connectivity index is 1.51. The van der Waals surface area contributed by atoms with Crippen molar-refractivity contribution < 1.29 is 14.3 Å². The van der Waals surface area contributed by atoms with E-state index in [1.165, 1.54) is 23.8 Å². The minimum Gasteiger partial charge on any atom is -0.453 e. The standard InChI is InChI=1S/C21H30N2O3/c1-5-23(20(24)17-9-18(10-17)22-21(25)26-4)19-11-16(12-19)15-7-13(2)6-14(3)8-15/h6-8,16-19H,5,9-12H2,1-4H3,(H,22,25). The van der Waals surface area contributed by atoms with E-state index in [1.807, 2.05) is 0 Å². The zero-order valence-electron chi connectivity index (χ0n) is 16.2. The maximum absolute atomic E-state index is 12.8. The average molecular weight is 358 g/mol. The summed E-state index contributed by atoms with van der Waals surface area (Å²) in [5, 5.41) is 2.77. The largest absolute Gasteiger partial charge is 0.453 e. The van der Waals surface area contributed by atoms with E-state index in [2.05, 4.69) is 53.9 Å². The van der Waals surface area contributed by atoms with Crippen LogP contribution in [0.3, 0.4) is 0 Å². The number of ether oxygens (including phenoxy) is 1. The van der Waals surface area contributed by atoms with Gasteiger partial charge < -0.3 is 15.0 Å². The second kappa shape index (κ2) is 7.68. The topological polar surface area (TPSA) is 58.6 Å². The highest BCUT2D eigenvalue weighted by molar-refractivity contribution is 5.81. The van der Waals surface area contributed by atoms with Gasteiger partial charge in [0.25, 0.3) is 0 Å². The van der Waals surface area contributed by atoms with E-state index in [0.29, 0.717) is 12.0 Å². The first-order valence-electron chi connectivity index (χ1n) is 9.64. The molecule has 0 aliphatic heterocycles. The quantitative estimate of drug-likeness (QED) is 0.876. The second-order valence-electron chi connectivity index (χ2n) is 7.87. The number of carbonyl (C=O) groups excluding carboxylic acids is 2. The lowest BCUT2D eigenvalue weighted by Gasteiger charge is -2.46. The summed E-state index contributed by atoms with van der Waals surface area (Å²) in [4.78, 5) is 26.1. The van der Waals surface area contributed by atoms with Gasteiger partial charge >= 0.3 is 6.09 Å². The maximum atomic E-state index is 12.8. The summed E-state index contributed by atoms with van der Waals surface area (Å²) < 4.78 is 4.61. The van der Waals surface area contributed by atoms with E-state index in [-0.39, 0.29) is 17.9 Å². The fourth-order valence-corrected chi connectivity index (χ4v) is 4.35. The molecule has 2 aliphatic carbocycles. The molecule has 2 aliphatic rings. The first-order valence-corrected chi connectivity index (χ1v) is 9.64. The Morgan fingerprint density at radius 1 is 1.12 bits per heavy atom. The molecule has 0 heterocycles.